The van der Waals surface area contributed by atoms with Crippen molar-refractivity contribution in [2.75, 3.05) is 6.61 Å². The normalized spacial score (nSPS) is 14.7. The predicted octanol–water partition coefficient (Wildman–Crippen LogP) is 10.5. The number of fused-ring (bicyclic) bond motifs is 3. The van der Waals surface area contributed by atoms with Gasteiger partial charge in [-0.05, 0) is 91.1 Å². The molecule has 38 heavy (non-hydrogen) atoms. The highest BCUT2D eigenvalue weighted by atomic mass is 16.5. The maximum absolute atomic E-state index is 6.35. The molecule has 4 rings (SSSR count). The minimum absolute atomic E-state index is 0.0311. The molecule has 0 atom stereocenters. The van der Waals surface area contributed by atoms with Gasteiger partial charge in [0.15, 0.2) is 0 Å². The lowest BCUT2D eigenvalue weighted by atomic mass is 9.76. The quantitative estimate of drug-likeness (QED) is 0.316. The van der Waals surface area contributed by atoms with Gasteiger partial charge < -0.3 is 4.74 Å². The van der Waals surface area contributed by atoms with Crippen molar-refractivity contribution in [2.45, 2.75) is 118 Å². The molecular weight excluding hydrogens is 460 g/mol. The first-order valence-electron chi connectivity index (χ1n) is 14.5. The molecule has 1 aliphatic heterocycles. The molecule has 0 aromatic heterocycles. The van der Waals surface area contributed by atoms with Gasteiger partial charge in [-0.2, -0.15) is 0 Å². The van der Waals surface area contributed by atoms with Gasteiger partial charge in [-0.3, -0.25) is 0 Å². The number of ether oxygens (including phenoxy) is 1. The molecule has 0 saturated carbocycles. The molecule has 0 amide bonds. The summed E-state index contributed by atoms with van der Waals surface area (Å²) in [6.45, 7) is 28.6. The van der Waals surface area contributed by atoms with Crippen LogP contribution in [0.5, 0.6) is 5.75 Å². The second-order valence-corrected chi connectivity index (χ2v) is 15.5. The van der Waals surface area contributed by atoms with Gasteiger partial charge in [0.05, 0.1) is 6.61 Å². The average Bonchev–Trinajstić information content (AvgIpc) is 2.77. The monoisotopic (exact) mass is 510 g/mol. The van der Waals surface area contributed by atoms with Crippen molar-refractivity contribution in [3.8, 4) is 28.0 Å². The highest BCUT2D eigenvalue weighted by Crippen LogP contribution is 2.45. The Labute approximate surface area is 233 Å². The molecule has 0 bridgehead atoms. The van der Waals surface area contributed by atoms with Gasteiger partial charge in [-0.1, -0.05) is 119 Å². The Morgan fingerprint density at radius 3 is 1.50 bits per heavy atom. The molecule has 1 aliphatic rings. The van der Waals surface area contributed by atoms with Crippen molar-refractivity contribution in [1.29, 1.82) is 0 Å². The zero-order chi connectivity index (χ0) is 28.3. The second kappa shape index (κ2) is 9.58. The van der Waals surface area contributed by atoms with Crippen LogP contribution in [0.25, 0.3) is 22.3 Å². The van der Waals surface area contributed by atoms with Crippen LogP contribution >= 0.6 is 0 Å². The van der Waals surface area contributed by atoms with E-state index in [9.17, 15) is 0 Å². The van der Waals surface area contributed by atoms with Crippen molar-refractivity contribution >= 4 is 0 Å². The Hall–Kier alpha value is -2.54. The maximum atomic E-state index is 6.35. The number of hydrogen-bond acceptors (Lipinski definition) is 1. The van der Waals surface area contributed by atoms with E-state index in [0.29, 0.717) is 0 Å². The SMILES string of the molecule is CC(C)(C)c1cc(-c2cc(C(C)(C)C)cc3c2CCCOc2ccc(C(C)(C)C)cc2-3)cc(C(C)(C)C)c1. The molecule has 0 N–H and O–H groups in total. The first kappa shape index (κ1) is 28.5. The van der Waals surface area contributed by atoms with Gasteiger partial charge in [-0.15, -0.1) is 0 Å². The van der Waals surface area contributed by atoms with Crippen molar-refractivity contribution in [1.82, 2.24) is 0 Å². The lowest BCUT2D eigenvalue weighted by Crippen LogP contribution is -2.17. The van der Waals surface area contributed by atoms with Crippen molar-refractivity contribution < 1.29 is 4.74 Å². The van der Waals surface area contributed by atoms with Crippen LogP contribution in [0.3, 0.4) is 0 Å². The minimum atomic E-state index is 0.0311. The Balaban J connectivity index is 2.11. The third kappa shape index (κ3) is 5.88. The van der Waals surface area contributed by atoms with E-state index >= 15 is 0 Å². The molecule has 0 unspecified atom stereocenters. The fraction of sp³-hybridized carbons (Fsp3) is 0.514. The number of benzene rings is 3. The Morgan fingerprint density at radius 2 is 0.974 bits per heavy atom. The molecule has 0 aliphatic carbocycles. The van der Waals surface area contributed by atoms with Crippen LogP contribution in [-0.2, 0) is 28.1 Å². The summed E-state index contributed by atoms with van der Waals surface area (Å²) >= 11 is 0. The van der Waals surface area contributed by atoms with E-state index in [4.69, 9.17) is 4.74 Å². The first-order chi connectivity index (χ1) is 17.4. The zero-order valence-electron chi connectivity index (χ0n) is 26.1. The third-order valence-electron chi connectivity index (χ3n) is 8.06. The van der Waals surface area contributed by atoms with Crippen molar-refractivity contribution in [3.05, 3.63) is 76.3 Å². The molecular formula is C37H50O. The standard InChI is InChI=1S/C37H50O/c1-34(2,3)25-15-16-33-32(21-25)31-23-28(37(10,11)12)22-30(29(31)14-13-17-38-33)24-18-26(35(4,5)6)20-27(19-24)36(7,8)9/h15-16,18-23H,13-14,17H2,1-12H3. The summed E-state index contributed by atoms with van der Waals surface area (Å²) in [5, 5.41) is 0. The van der Waals surface area contributed by atoms with E-state index in [0.717, 1.165) is 25.2 Å². The molecule has 0 saturated heterocycles. The Bertz CT molecular complexity index is 1300. The minimum Gasteiger partial charge on any atom is -0.493 e. The lowest BCUT2D eigenvalue weighted by molar-refractivity contribution is 0.310. The van der Waals surface area contributed by atoms with E-state index in [1.807, 2.05) is 0 Å². The molecule has 1 heteroatoms. The smallest absolute Gasteiger partial charge is 0.127 e. The maximum Gasteiger partial charge on any atom is 0.127 e. The summed E-state index contributed by atoms with van der Waals surface area (Å²) in [5.41, 5.74) is 12.6. The summed E-state index contributed by atoms with van der Waals surface area (Å²) in [6, 6.07) is 19.1. The van der Waals surface area contributed by atoms with Crippen LogP contribution in [0.4, 0.5) is 0 Å². The van der Waals surface area contributed by atoms with Crippen molar-refractivity contribution in [2.24, 2.45) is 0 Å². The Morgan fingerprint density at radius 1 is 0.500 bits per heavy atom. The fourth-order valence-electron chi connectivity index (χ4n) is 5.29. The van der Waals surface area contributed by atoms with Crippen molar-refractivity contribution in [3.63, 3.8) is 0 Å². The topological polar surface area (TPSA) is 9.23 Å². The van der Waals surface area contributed by atoms with E-state index in [1.165, 1.54) is 50.1 Å². The summed E-state index contributed by atoms with van der Waals surface area (Å²) in [6.07, 6.45) is 2.03. The third-order valence-corrected chi connectivity index (χ3v) is 8.06. The van der Waals surface area contributed by atoms with E-state index < -0.39 is 0 Å². The lowest BCUT2D eigenvalue weighted by Gasteiger charge is -2.30. The van der Waals surface area contributed by atoms with Crippen LogP contribution in [0, 0.1) is 0 Å². The van der Waals surface area contributed by atoms with E-state index in [2.05, 4.69) is 132 Å². The number of hydrogen-bond donors (Lipinski definition) is 0. The number of rotatable bonds is 1. The average molecular weight is 511 g/mol. The first-order valence-corrected chi connectivity index (χ1v) is 14.5. The van der Waals surface area contributed by atoms with Gasteiger partial charge in [0.2, 0.25) is 0 Å². The van der Waals surface area contributed by atoms with Gasteiger partial charge in [0, 0.05) is 5.56 Å². The van der Waals surface area contributed by atoms with Gasteiger partial charge in [0.1, 0.15) is 5.75 Å². The highest BCUT2D eigenvalue weighted by Gasteiger charge is 2.27. The van der Waals surface area contributed by atoms with Crippen LogP contribution in [0.1, 0.15) is 117 Å². The zero-order valence-corrected chi connectivity index (χ0v) is 26.1. The molecule has 1 nitrogen and oxygen atoms in total. The van der Waals surface area contributed by atoms with Crippen LogP contribution in [0.2, 0.25) is 0 Å². The van der Waals surface area contributed by atoms with Gasteiger partial charge in [-0.25, -0.2) is 0 Å². The fourth-order valence-corrected chi connectivity index (χ4v) is 5.29. The predicted molar refractivity (Wildman–Crippen MR) is 166 cm³/mol. The van der Waals surface area contributed by atoms with Crippen LogP contribution in [-0.4, -0.2) is 6.61 Å². The Kier molecular flexibility index (Phi) is 7.18. The van der Waals surface area contributed by atoms with Crippen LogP contribution < -0.4 is 4.74 Å². The van der Waals surface area contributed by atoms with Gasteiger partial charge in [0.25, 0.3) is 0 Å². The molecule has 204 valence electrons. The summed E-state index contributed by atoms with van der Waals surface area (Å²) in [4.78, 5) is 0. The van der Waals surface area contributed by atoms with E-state index in [-0.39, 0.29) is 21.7 Å². The molecule has 3 aromatic rings. The van der Waals surface area contributed by atoms with E-state index in [1.54, 1.807) is 0 Å². The van der Waals surface area contributed by atoms with Crippen LogP contribution in [0.15, 0.2) is 48.5 Å². The molecule has 0 fully saturated rings. The molecule has 0 radical (unpaired) electrons. The van der Waals surface area contributed by atoms with Gasteiger partial charge >= 0.3 is 0 Å². The summed E-state index contributed by atoms with van der Waals surface area (Å²) in [7, 11) is 0. The summed E-state index contributed by atoms with van der Waals surface area (Å²) in [5.74, 6) is 1.01. The summed E-state index contributed by atoms with van der Waals surface area (Å²) < 4.78 is 6.35. The molecule has 3 aromatic carbocycles. The second-order valence-electron chi connectivity index (χ2n) is 15.5. The molecule has 0 spiro atoms. The highest BCUT2D eigenvalue weighted by molar-refractivity contribution is 5.84. The molecule has 1 heterocycles. The largest absolute Gasteiger partial charge is 0.493 e.